The number of carbonyl (C=O) groups excluding carboxylic acids is 3. The van der Waals surface area contributed by atoms with Crippen LogP contribution in [0.15, 0.2) is 36.4 Å². The molecule has 1 unspecified atom stereocenters. The topological polar surface area (TPSA) is 103 Å². The molecule has 2 aromatic carbocycles. The van der Waals surface area contributed by atoms with Crippen LogP contribution in [0.1, 0.15) is 41.8 Å². The monoisotopic (exact) mass is 454 g/mol. The molecule has 8 heteroatoms. The van der Waals surface area contributed by atoms with Crippen LogP contribution < -0.4 is 20.1 Å². The number of nitrogens with one attached hydrogen (secondary N) is 2. The minimum atomic E-state index is -0.928. The molecule has 2 N–H and O–H groups in total. The van der Waals surface area contributed by atoms with E-state index in [1.807, 2.05) is 18.2 Å². The van der Waals surface area contributed by atoms with Crippen molar-refractivity contribution in [1.82, 2.24) is 5.32 Å². The zero-order valence-corrected chi connectivity index (χ0v) is 19.4. The van der Waals surface area contributed by atoms with E-state index in [2.05, 4.69) is 10.6 Å². The molecule has 0 bridgehead atoms. The number of hydrogen-bond donors (Lipinski definition) is 2. The maximum atomic E-state index is 12.8. The largest absolute Gasteiger partial charge is 0.497 e. The molecule has 33 heavy (non-hydrogen) atoms. The van der Waals surface area contributed by atoms with Crippen molar-refractivity contribution in [3.8, 4) is 11.5 Å². The lowest BCUT2D eigenvalue weighted by Crippen LogP contribution is -2.46. The van der Waals surface area contributed by atoms with Gasteiger partial charge in [-0.3, -0.25) is 9.59 Å². The van der Waals surface area contributed by atoms with Crippen LogP contribution in [-0.4, -0.2) is 44.7 Å². The van der Waals surface area contributed by atoms with E-state index in [1.54, 1.807) is 32.0 Å². The zero-order chi connectivity index (χ0) is 24.0. The summed E-state index contributed by atoms with van der Waals surface area (Å²) in [4.78, 5) is 37.7. The third-order valence-corrected chi connectivity index (χ3v) is 5.55. The van der Waals surface area contributed by atoms with Gasteiger partial charge in [-0.15, -0.1) is 0 Å². The number of amides is 2. The molecule has 0 radical (unpaired) electrons. The molecule has 0 aliphatic heterocycles. The van der Waals surface area contributed by atoms with Crippen molar-refractivity contribution < 1.29 is 28.6 Å². The van der Waals surface area contributed by atoms with Gasteiger partial charge < -0.3 is 24.8 Å². The average molecular weight is 455 g/mol. The second-order valence-corrected chi connectivity index (χ2v) is 8.29. The standard InChI is InChI=1S/C25H30N2O6/c1-15(2)23(27-24(29)18-11-20(31-3)13-21(12-18)32-4)25(30)33-14-22(28)26-19-9-8-16-6-5-7-17(16)10-19/h8-13,15,23H,5-7,14H2,1-4H3,(H,26,28)(H,27,29). The first kappa shape index (κ1) is 24.1. The highest BCUT2D eigenvalue weighted by molar-refractivity contribution is 5.98. The average Bonchev–Trinajstić information content (AvgIpc) is 3.28. The highest BCUT2D eigenvalue weighted by Gasteiger charge is 2.27. The normalized spacial score (nSPS) is 13.1. The number of fused-ring (bicyclic) bond motifs is 1. The molecule has 2 aromatic rings. The van der Waals surface area contributed by atoms with Gasteiger partial charge in [0.25, 0.3) is 11.8 Å². The van der Waals surface area contributed by atoms with Crippen molar-refractivity contribution in [3.05, 3.63) is 53.1 Å². The van der Waals surface area contributed by atoms with Crippen LogP contribution in [0, 0.1) is 5.92 Å². The fraction of sp³-hybridized carbons (Fsp3) is 0.400. The molecule has 8 nitrogen and oxygen atoms in total. The van der Waals surface area contributed by atoms with Crippen LogP contribution in [0.5, 0.6) is 11.5 Å². The van der Waals surface area contributed by atoms with Crippen LogP contribution in [0.3, 0.4) is 0 Å². The molecular formula is C25H30N2O6. The van der Waals surface area contributed by atoms with Crippen molar-refractivity contribution in [2.24, 2.45) is 5.92 Å². The maximum Gasteiger partial charge on any atom is 0.329 e. The molecule has 2 amide bonds. The Balaban J connectivity index is 1.58. The number of esters is 1. The lowest BCUT2D eigenvalue weighted by molar-refractivity contribution is -0.150. The Morgan fingerprint density at radius 2 is 1.61 bits per heavy atom. The van der Waals surface area contributed by atoms with Crippen LogP contribution in [0.25, 0.3) is 0 Å². The van der Waals surface area contributed by atoms with Gasteiger partial charge in [0.05, 0.1) is 14.2 Å². The zero-order valence-electron chi connectivity index (χ0n) is 19.4. The first-order valence-corrected chi connectivity index (χ1v) is 10.9. The highest BCUT2D eigenvalue weighted by atomic mass is 16.5. The van der Waals surface area contributed by atoms with Gasteiger partial charge in [0, 0.05) is 17.3 Å². The number of anilines is 1. The lowest BCUT2D eigenvalue weighted by atomic mass is 10.0. The molecule has 3 rings (SSSR count). The summed E-state index contributed by atoms with van der Waals surface area (Å²) >= 11 is 0. The van der Waals surface area contributed by atoms with Gasteiger partial charge >= 0.3 is 5.97 Å². The van der Waals surface area contributed by atoms with E-state index in [0.717, 1.165) is 19.3 Å². The summed E-state index contributed by atoms with van der Waals surface area (Å²) in [6.07, 6.45) is 3.18. The number of rotatable bonds is 9. The van der Waals surface area contributed by atoms with Crippen molar-refractivity contribution >= 4 is 23.5 Å². The molecule has 1 aliphatic rings. The Labute approximate surface area is 193 Å². The van der Waals surface area contributed by atoms with E-state index in [-0.39, 0.29) is 11.5 Å². The van der Waals surface area contributed by atoms with E-state index in [9.17, 15) is 14.4 Å². The summed E-state index contributed by atoms with van der Waals surface area (Å²) in [6, 6.07) is 9.63. The van der Waals surface area contributed by atoms with Crippen molar-refractivity contribution in [1.29, 1.82) is 0 Å². The SMILES string of the molecule is COc1cc(OC)cc(C(=O)NC(C(=O)OCC(=O)Nc2ccc3c(c2)CCC3)C(C)C)c1. The predicted octanol–water partition coefficient (Wildman–Crippen LogP) is 3.13. The van der Waals surface area contributed by atoms with E-state index < -0.39 is 30.4 Å². The van der Waals surface area contributed by atoms with E-state index >= 15 is 0 Å². The van der Waals surface area contributed by atoms with Gasteiger partial charge in [-0.2, -0.15) is 0 Å². The van der Waals surface area contributed by atoms with Gasteiger partial charge in [-0.05, 0) is 60.6 Å². The smallest absolute Gasteiger partial charge is 0.329 e. The summed E-state index contributed by atoms with van der Waals surface area (Å²) in [5.41, 5.74) is 3.50. The molecule has 0 saturated carbocycles. The first-order valence-electron chi connectivity index (χ1n) is 10.9. The molecule has 1 aliphatic carbocycles. The lowest BCUT2D eigenvalue weighted by Gasteiger charge is -2.21. The number of methoxy groups -OCH3 is 2. The van der Waals surface area contributed by atoms with Crippen LogP contribution in [0.2, 0.25) is 0 Å². The summed E-state index contributed by atoms with van der Waals surface area (Å²) in [6.45, 7) is 3.12. The summed E-state index contributed by atoms with van der Waals surface area (Å²) in [5.74, 6) is -0.957. The van der Waals surface area contributed by atoms with Gasteiger partial charge in [0.15, 0.2) is 6.61 Å². The van der Waals surface area contributed by atoms with Crippen LogP contribution in [-0.2, 0) is 27.2 Å². The van der Waals surface area contributed by atoms with Crippen LogP contribution >= 0.6 is 0 Å². The summed E-state index contributed by atoms with van der Waals surface area (Å²) in [5, 5.41) is 5.44. The van der Waals surface area contributed by atoms with E-state index in [0.29, 0.717) is 17.2 Å². The molecule has 0 spiro atoms. The molecule has 0 fully saturated rings. The maximum absolute atomic E-state index is 12.8. The molecule has 0 heterocycles. The minimum Gasteiger partial charge on any atom is -0.497 e. The number of benzene rings is 2. The second kappa shape index (κ2) is 10.8. The molecule has 1 atom stereocenters. The Morgan fingerprint density at radius 3 is 2.24 bits per heavy atom. The quantitative estimate of drug-likeness (QED) is 0.565. The summed E-state index contributed by atoms with van der Waals surface area (Å²) < 4.78 is 15.6. The second-order valence-electron chi connectivity index (χ2n) is 8.29. The Bertz CT molecular complexity index is 1010. The van der Waals surface area contributed by atoms with Gasteiger partial charge in [0.2, 0.25) is 0 Å². The predicted molar refractivity (Wildman–Crippen MR) is 124 cm³/mol. The molecule has 0 saturated heterocycles. The Hall–Kier alpha value is -3.55. The fourth-order valence-corrected chi connectivity index (χ4v) is 3.73. The minimum absolute atomic E-state index is 0.256. The van der Waals surface area contributed by atoms with Crippen molar-refractivity contribution in [2.45, 2.75) is 39.2 Å². The first-order chi connectivity index (χ1) is 15.8. The molecule has 0 aromatic heterocycles. The Morgan fingerprint density at radius 1 is 0.939 bits per heavy atom. The molecular weight excluding hydrogens is 424 g/mol. The number of hydrogen-bond acceptors (Lipinski definition) is 6. The number of aryl methyl sites for hydroxylation is 2. The highest BCUT2D eigenvalue weighted by Crippen LogP contribution is 2.25. The van der Waals surface area contributed by atoms with Gasteiger partial charge in [-0.1, -0.05) is 19.9 Å². The van der Waals surface area contributed by atoms with E-state index in [4.69, 9.17) is 14.2 Å². The fourth-order valence-electron chi connectivity index (χ4n) is 3.73. The third-order valence-electron chi connectivity index (χ3n) is 5.55. The Kier molecular flexibility index (Phi) is 7.92. The van der Waals surface area contributed by atoms with Crippen LogP contribution in [0.4, 0.5) is 5.69 Å². The molecule has 176 valence electrons. The summed E-state index contributed by atoms with van der Waals surface area (Å²) in [7, 11) is 2.97. The third kappa shape index (κ3) is 6.25. The van der Waals surface area contributed by atoms with Gasteiger partial charge in [-0.25, -0.2) is 4.79 Å². The van der Waals surface area contributed by atoms with E-state index in [1.165, 1.54) is 25.3 Å². The van der Waals surface area contributed by atoms with Crippen molar-refractivity contribution in [3.63, 3.8) is 0 Å². The number of carbonyl (C=O) groups is 3. The number of ether oxygens (including phenoxy) is 3. The van der Waals surface area contributed by atoms with Crippen molar-refractivity contribution in [2.75, 3.05) is 26.1 Å². The van der Waals surface area contributed by atoms with Gasteiger partial charge in [0.1, 0.15) is 17.5 Å².